The molecule has 0 bridgehead atoms. The van der Waals surface area contributed by atoms with Crippen LogP contribution in [0.4, 0.5) is 5.69 Å². The Morgan fingerprint density at radius 2 is 2.16 bits per heavy atom. The van der Waals surface area contributed by atoms with Crippen LogP contribution in [0.2, 0.25) is 5.02 Å². The average Bonchev–Trinajstić information content (AvgIpc) is 2.34. The molecule has 0 fully saturated rings. The summed E-state index contributed by atoms with van der Waals surface area (Å²) >= 11 is 6.07. The van der Waals surface area contributed by atoms with Crippen molar-refractivity contribution < 1.29 is 4.79 Å². The number of fused-ring (bicyclic) bond motifs is 1. The van der Waals surface area contributed by atoms with Crippen molar-refractivity contribution in [2.45, 2.75) is 46.1 Å². The molecule has 0 radical (unpaired) electrons. The number of ketones is 1. The first-order valence-electron chi connectivity index (χ1n) is 7.04. The van der Waals surface area contributed by atoms with Gasteiger partial charge >= 0.3 is 0 Å². The van der Waals surface area contributed by atoms with Gasteiger partial charge in [0, 0.05) is 17.3 Å². The number of anilines is 1. The molecule has 2 rings (SSSR count). The smallest absolute Gasteiger partial charge is 0.152 e. The summed E-state index contributed by atoms with van der Waals surface area (Å²) in [7, 11) is 0. The molecule has 1 aromatic rings. The first kappa shape index (κ1) is 14.4. The second-order valence-corrected chi connectivity index (χ2v) is 6.26. The van der Waals surface area contributed by atoms with Gasteiger partial charge in [-0.3, -0.25) is 4.79 Å². The van der Waals surface area contributed by atoms with E-state index in [0.29, 0.717) is 5.92 Å². The van der Waals surface area contributed by atoms with Gasteiger partial charge in [-0.05, 0) is 55.9 Å². The molecule has 1 aliphatic heterocycles. The predicted molar refractivity (Wildman–Crippen MR) is 81.0 cm³/mol. The standard InChI is InChI=1S/C16H22ClNO/c1-11(2)9-16(12(3)19)18-8-4-5-13-10-14(17)6-7-15(13)18/h6-7,10-11,16H,4-5,8-9H2,1-3H3. The van der Waals surface area contributed by atoms with E-state index >= 15 is 0 Å². The number of halogens is 1. The van der Waals surface area contributed by atoms with Gasteiger partial charge in [0.05, 0.1) is 6.04 Å². The van der Waals surface area contributed by atoms with Crippen LogP contribution in [0.15, 0.2) is 18.2 Å². The number of benzene rings is 1. The molecular formula is C16H22ClNO. The molecule has 0 aliphatic carbocycles. The van der Waals surface area contributed by atoms with Crippen molar-refractivity contribution in [2.75, 3.05) is 11.4 Å². The fraction of sp³-hybridized carbons (Fsp3) is 0.562. The second-order valence-electron chi connectivity index (χ2n) is 5.83. The molecule has 1 aromatic carbocycles. The average molecular weight is 280 g/mol. The van der Waals surface area contributed by atoms with Crippen LogP contribution >= 0.6 is 11.6 Å². The molecule has 1 atom stereocenters. The zero-order chi connectivity index (χ0) is 14.0. The first-order valence-corrected chi connectivity index (χ1v) is 7.42. The van der Waals surface area contributed by atoms with Crippen LogP contribution in [0.5, 0.6) is 0 Å². The number of nitrogens with zero attached hydrogens (tertiary/aromatic N) is 1. The highest BCUT2D eigenvalue weighted by molar-refractivity contribution is 6.30. The second kappa shape index (κ2) is 5.96. The molecule has 19 heavy (non-hydrogen) atoms. The van der Waals surface area contributed by atoms with Crippen LogP contribution in [0, 0.1) is 5.92 Å². The Kier molecular flexibility index (Phi) is 4.51. The van der Waals surface area contributed by atoms with E-state index < -0.39 is 0 Å². The third-order valence-electron chi connectivity index (χ3n) is 3.74. The fourth-order valence-corrected chi connectivity index (χ4v) is 3.07. The van der Waals surface area contributed by atoms with E-state index in [1.165, 1.54) is 11.3 Å². The number of hydrogen-bond acceptors (Lipinski definition) is 2. The number of Topliss-reactive ketones (excluding diaryl/α,β-unsaturated/α-hetero) is 1. The Balaban J connectivity index is 2.33. The molecule has 2 nitrogen and oxygen atoms in total. The summed E-state index contributed by atoms with van der Waals surface area (Å²) < 4.78 is 0. The Labute approximate surface area is 120 Å². The van der Waals surface area contributed by atoms with Crippen LogP contribution in [-0.4, -0.2) is 18.4 Å². The van der Waals surface area contributed by atoms with Gasteiger partial charge in [0.25, 0.3) is 0 Å². The van der Waals surface area contributed by atoms with Crippen molar-refractivity contribution in [1.82, 2.24) is 0 Å². The SMILES string of the molecule is CC(=O)C(CC(C)C)N1CCCc2cc(Cl)ccc21. The number of aryl methyl sites for hydroxylation is 1. The Morgan fingerprint density at radius 1 is 1.42 bits per heavy atom. The molecule has 0 saturated carbocycles. The van der Waals surface area contributed by atoms with E-state index in [2.05, 4.69) is 24.8 Å². The third-order valence-corrected chi connectivity index (χ3v) is 3.97. The minimum Gasteiger partial charge on any atom is -0.361 e. The first-order chi connectivity index (χ1) is 8.99. The maximum Gasteiger partial charge on any atom is 0.152 e. The topological polar surface area (TPSA) is 20.3 Å². The predicted octanol–water partition coefficient (Wildman–Crippen LogP) is 4.10. The summed E-state index contributed by atoms with van der Waals surface area (Å²) in [6.45, 7) is 7.01. The van der Waals surface area contributed by atoms with Gasteiger partial charge in [0.1, 0.15) is 0 Å². The molecular weight excluding hydrogens is 258 g/mol. The Morgan fingerprint density at radius 3 is 2.79 bits per heavy atom. The highest BCUT2D eigenvalue weighted by Gasteiger charge is 2.27. The lowest BCUT2D eigenvalue weighted by atomic mass is 9.94. The van der Waals surface area contributed by atoms with Crippen LogP contribution in [-0.2, 0) is 11.2 Å². The van der Waals surface area contributed by atoms with Crippen molar-refractivity contribution in [3.8, 4) is 0 Å². The molecule has 0 amide bonds. The highest BCUT2D eigenvalue weighted by Crippen LogP contribution is 2.32. The number of carbonyl (C=O) groups is 1. The zero-order valence-corrected chi connectivity index (χ0v) is 12.7. The van der Waals surface area contributed by atoms with Crippen molar-refractivity contribution in [3.05, 3.63) is 28.8 Å². The van der Waals surface area contributed by atoms with Gasteiger partial charge in [-0.25, -0.2) is 0 Å². The van der Waals surface area contributed by atoms with Gasteiger partial charge in [-0.1, -0.05) is 25.4 Å². The van der Waals surface area contributed by atoms with Gasteiger partial charge < -0.3 is 4.90 Å². The van der Waals surface area contributed by atoms with Gasteiger partial charge in [-0.15, -0.1) is 0 Å². The molecule has 0 N–H and O–H groups in total. The van der Waals surface area contributed by atoms with Crippen LogP contribution < -0.4 is 4.90 Å². The molecule has 3 heteroatoms. The molecule has 1 aliphatic rings. The highest BCUT2D eigenvalue weighted by atomic mass is 35.5. The molecule has 104 valence electrons. The molecule has 0 saturated heterocycles. The summed E-state index contributed by atoms with van der Waals surface area (Å²) in [5.74, 6) is 0.781. The number of carbonyl (C=O) groups excluding carboxylic acids is 1. The summed E-state index contributed by atoms with van der Waals surface area (Å²) in [6, 6.07) is 6.02. The third kappa shape index (κ3) is 3.30. The molecule has 0 aromatic heterocycles. The van der Waals surface area contributed by atoms with Gasteiger partial charge in [0.15, 0.2) is 5.78 Å². The van der Waals surface area contributed by atoms with Gasteiger partial charge in [-0.2, -0.15) is 0 Å². The number of hydrogen-bond donors (Lipinski definition) is 0. The van der Waals surface area contributed by atoms with E-state index in [1.807, 2.05) is 12.1 Å². The van der Waals surface area contributed by atoms with Crippen molar-refractivity contribution in [2.24, 2.45) is 5.92 Å². The van der Waals surface area contributed by atoms with Crippen LogP contribution in [0.25, 0.3) is 0 Å². The van der Waals surface area contributed by atoms with E-state index in [0.717, 1.165) is 30.8 Å². The summed E-state index contributed by atoms with van der Waals surface area (Å²) in [6.07, 6.45) is 3.06. The molecule has 1 heterocycles. The largest absolute Gasteiger partial charge is 0.361 e. The minimum absolute atomic E-state index is 0.000209. The lowest BCUT2D eigenvalue weighted by Crippen LogP contribution is -2.44. The van der Waals surface area contributed by atoms with E-state index in [1.54, 1.807) is 6.92 Å². The van der Waals surface area contributed by atoms with Crippen molar-refractivity contribution >= 4 is 23.1 Å². The summed E-state index contributed by atoms with van der Waals surface area (Å²) in [4.78, 5) is 14.3. The summed E-state index contributed by atoms with van der Waals surface area (Å²) in [5.41, 5.74) is 2.46. The van der Waals surface area contributed by atoms with E-state index in [-0.39, 0.29) is 11.8 Å². The maximum absolute atomic E-state index is 12.0. The minimum atomic E-state index is 0.000209. The van der Waals surface area contributed by atoms with Gasteiger partial charge in [0.2, 0.25) is 0 Å². The summed E-state index contributed by atoms with van der Waals surface area (Å²) in [5, 5.41) is 0.781. The Bertz CT molecular complexity index is 470. The lowest BCUT2D eigenvalue weighted by Gasteiger charge is -2.37. The van der Waals surface area contributed by atoms with Crippen LogP contribution in [0.3, 0.4) is 0 Å². The monoisotopic (exact) mass is 279 g/mol. The van der Waals surface area contributed by atoms with Crippen molar-refractivity contribution in [1.29, 1.82) is 0 Å². The van der Waals surface area contributed by atoms with Crippen LogP contribution in [0.1, 0.15) is 39.2 Å². The normalized spacial score (nSPS) is 16.4. The molecule has 0 spiro atoms. The Hall–Kier alpha value is -1.02. The molecule has 1 unspecified atom stereocenters. The van der Waals surface area contributed by atoms with Crippen molar-refractivity contribution in [3.63, 3.8) is 0 Å². The van der Waals surface area contributed by atoms with E-state index in [9.17, 15) is 4.79 Å². The van der Waals surface area contributed by atoms with E-state index in [4.69, 9.17) is 11.6 Å². The number of rotatable bonds is 4. The maximum atomic E-state index is 12.0. The zero-order valence-electron chi connectivity index (χ0n) is 11.9. The lowest BCUT2D eigenvalue weighted by molar-refractivity contribution is -0.118. The quantitative estimate of drug-likeness (QED) is 0.827. The fourth-order valence-electron chi connectivity index (χ4n) is 2.88.